The van der Waals surface area contributed by atoms with Crippen LogP contribution in [0.15, 0.2) is 18.2 Å². The maximum Gasteiger partial charge on any atom is 0.419 e. The van der Waals surface area contributed by atoms with Gasteiger partial charge in [-0.15, -0.1) is 0 Å². The van der Waals surface area contributed by atoms with E-state index in [9.17, 15) is 27.2 Å². The molecule has 28 heavy (non-hydrogen) atoms. The maximum absolute atomic E-state index is 13.7. The van der Waals surface area contributed by atoms with Crippen molar-refractivity contribution in [2.75, 3.05) is 32.8 Å². The molecule has 1 N–H and O–H groups in total. The highest BCUT2D eigenvalue weighted by Gasteiger charge is 2.41. The lowest BCUT2D eigenvalue weighted by atomic mass is 9.90. The van der Waals surface area contributed by atoms with Crippen LogP contribution in [-0.4, -0.2) is 66.7 Å². The van der Waals surface area contributed by atoms with E-state index >= 15 is 0 Å². The lowest BCUT2D eigenvalue weighted by Crippen LogP contribution is -2.63. The molecule has 0 radical (unpaired) electrons. The number of nitrogens with one attached hydrogen (secondary N) is 1. The average Bonchev–Trinajstić information content (AvgIpc) is 2.58. The van der Waals surface area contributed by atoms with E-state index in [4.69, 9.17) is 4.74 Å². The van der Waals surface area contributed by atoms with Gasteiger partial charge >= 0.3 is 12.2 Å². The van der Waals surface area contributed by atoms with Crippen molar-refractivity contribution >= 4 is 11.9 Å². The van der Waals surface area contributed by atoms with E-state index in [0.717, 1.165) is 12.1 Å². The molecule has 4 rings (SSSR count). The topological polar surface area (TPSA) is 61.9 Å². The number of carbonyl (C=O) groups is 2. The number of carbonyl (C=O) groups excluding carboxylic acids is 2. The van der Waals surface area contributed by atoms with E-state index in [2.05, 4.69) is 5.32 Å². The molecule has 1 aromatic rings. The number of urea groups is 1. The molecule has 3 aliphatic rings. The Morgan fingerprint density at radius 1 is 1.18 bits per heavy atom. The van der Waals surface area contributed by atoms with Crippen LogP contribution in [0.2, 0.25) is 0 Å². The number of hydrogen-bond donors (Lipinski definition) is 1. The molecule has 3 heterocycles. The minimum atomic E-state index is -4.73. The summed E-state index contributed by atoms with van der Waals surface area (Å²) in [6.45, 7) is 1.53. The van der Waals surface area contributed by atoms with Crippen LogP contribution in [0.5, 0.6) is 0 Å². The number of halogens is 4. The Kier molecular flexibility index (Phi) is 4.68. The van der Waals surface area contributed by atoms with Crippen LogP contribution < -0.4 is 5.32 Å². The lowest BCUT2D eigenvalue weighted by molar-refractivity contribution is -0.140. The average molecular weight is 401 g/mol. The van der Waals surface area contributed by atoms with Crippen molar-refractivity contribution < 1.29 is 31.9 Å². The second-order valence-electron chi connectivity index (χ2n) is 7.38. The Bertz CT molecular complexity index is 795. The fraction of sp³-hybridized carbons (Fsp3) is 0.556. The number of likely N-dealkylation sites (tertiary alicyclic amines) is 2. The highest BCUT2D eigenvalue weighted by molar-refractivity contribution is 5.79. The van der Waals surface area contributed by atoms with E-state index in [1.54, 1.807) is 9.80 Å². The first-order chi connectivity index (χ1) is 13.2. The zero-order chi connectivity index (χ0) is 20.1. The first-order valence-electron chi connectivity index (χ1n) is 9.04. The number of benzene rings is 1. The summed E-state index contributed by atoms with van der Waals surface area (Å²) >= 11 is 0. The van der Waals surface area contributed by atoms with E-state index < -0.39 is 17.6 Å². The third-order valence-electron chi connectivity index (χ3n) is 5.52. The van der Waals surface area contributed by atoms with Gasteiger partial charge in [-0.2, -0.15) is 13.2 Å². The molecule has 1 aromatic carbocycles. The summed E-state index contributed by atoms with van der Waals surface area (Å²) in [7, 11) is 0. The monoisotopic (exact) mass is 401 g/mol. The molecule has 3 aliphatic heterocycles. The van der Waals surface area contributed by atoms with Gasteiger partial charge in [0.2, 0.25) is 5.91 Å². The van der Waals surface area contributed by atoms with Crippen molar-refractivity contribution in [2.45, 2.75) is 30.7 Å². The molecule has 0 saturated carbocycles. The van der Waals surface area contributed by atoms with Crippen molar-refractivity contribution in [3.05, 3.63) is 35.1 Å². The Morgan fingerprint density at radius 3 is 2.61 bits per heavy atom. The molecule has 2 atom stereocenters. The van der Waals surface area contributed by atoms with Crippen LogP contribution in [0, 0.1) is 5.82 Å². The molecule has 1 unspecified atom stereocenters. The number of hydrogen-bond acceptors (Lipinski definition) is 3. The quantitative estimate of drug-likeness (QED) is 0.732. The number of rotatable bonds is 1. The Labute approximate surface area is 158 Å². The minimum absolute atomic E-state index is 0.0343. The van der Waals surface area contributed by atoms with Gasteiger partial charge in [0.15, 0.2) is 0 Å². The third-order valence-corrected chi connectivity index (χ3v) is 5.52. The highest BCUT2D eigenvalue weighted by Crippen LogP contribution is 2.35. The fourth-order valence-electron chi connectivity index (χ4n) is 3.93. The van der Waals surface area contributed by atoms with E-state index in [1.807, 2.05) is 0 Å². The summed E-state index contributed by atoms with van der Waals surface area (Å²) in [5.41, 5.74) is -0.843. The van der Waals surface area contributed by atoms with Crippen LogP contribution in [0.3, 0.4) is 0 Å². The smallest absolute Gasteiger partial charge is 0.366 e. The molecular weight excluding hydrogens is 382 g/mol. The van der Waals surface area contributed by atoms with Gasteiger partial charge in [-0.1, -0.05) is 6.07 Å². The number of ether oxygens (including phenoxy) is 1. The first-order valence-corrected chi connectivity index (χ1v) is 9.04. The number of nitrogens with zero attached hydrogens (tertiary/aromatic N) is 2. The van der Waals surface area contributed by atoms with Gasteiger partial charge in [-0.05, 0) is 24.1 Å². The van der Waals surface area contributed by atoms with Crippen LogP contribution in [-0.2, 0) is 15.7 Å². The number of amides is 3. The van der Waals surface area contributed by atoms with Crippen LogP contribution in [0.4, 0.5) is 22.4 Å². The van der Waals surface area contributed by atoms with Gasteiger partial charge in [0.25, 0.3) is 0 Å². The molecule has 3 amide bonds. The van der Waals surface area contributed by atoms with Gasteiger partial charge < -0.3 is 19.9 Å². The predicted molar refractivity (Wildman–Crippen MR) is 89.0 cm³/mol. The van der Waals surface area contributed by atoms with Crippen molar-refractivity contribution in [1.29, 1.82) is 0 Å². The van der Waals surface area contributed by atoms with Gasteiger partial charge in [0, 0.05) is 32.1 Å². The molecule has 0 spiro atoms. The second kappa shape index (κ2) is 6.91. The van der Waals surface area contributed by atoms with E-state index in [0.29, 0.717) is 38.2 Å². The van der Waals surface area contributed by atoms with Crippen molar-refractivity contribution in [1.82, 2.24) is 15.1 Å². The summed E-state index contributed by atoms with van der Waals surface area (Å²) < 4.78 is 57.2. The molecule has 0 aliphatic carbocycles. The lowest BCUT2D eigenvalue weighted by Gasteiger charge is -2.46. The summed E-state index contributed by atoms with van der Waals surface area (Å²) in [5.74, 6) is -1.70. The van der Waals surface area contributed by atoms with Gasteiger partial charge in [-0.25, -0.2) is 9.18 Å². The standard InChI is InChI=1S/C18H19F4N3O3/c19-13-5-10(1-2-12(13)18(20,21)22)11-6-25(7-11)17(27)24-4-3-15-14(8-24)23-16(26)9-28-15/h1-2,5,11,14-15H,3-4,6-9H2,(H,23,26)/t14-,15?/m1/s1. The molecule has 6 nitrogen and oxygen atoms in total. The van der Waals surface area contributed by atoms with E-state index in [-0.39, 0.29) is 36.6 Å². The van der Waals surface area contributed by atoms with Crippen molar-refractivity contribution in [3.8, 4) is 0 Å². The van der Waals surface area contributed by atoms with Crippen LogP contribution in [0.1, 0.15) is 23.5 Å². The Hall–Kier alpha value is -2.36. The number of alkyl halides is 3. The molecule has 3 saturated heterocycles. The highest BCUT2D eigenvalue weighted by atomic mass is 19.4. The van der Waals surface area contributed by atoms with Crippen molar-refractivity contribution in [3.63, 3.8) is 0 Å². The van der Waals surface area contributed by atoms with Gasteiger partial charge in [-0.3, -0.25) is 4.79 Å². The summed E-state index contributed by atoms with van der Waals surface area (Å²) in [5, 5.41) is 2.83. The molecule has 0 bridgehead atoms. The maximum atomic E-state index is 13.7. The van der Waals surface area contributed by atoms with E-state index in [1.165, 1.54) is 6.07 Å². The van der Waals surface area contributed by atoms with Crippen molar-refractivity contribution in [2.24, 2.45) is 0 Å². The normalized spacial score (nSPS) is 25.8. The summed E-state index contributed by atoms with van der Waals surface area (Å²) in [4.78, 5) is 27.3. The number of morpholine rings is 1. The largest absolute Gasteiger partial charge is 0.419 e. The summed E-state index contributed by atoms with van der Waals surface area (Å²) in [6, 6.07) is 2.47. The predicted octanol–water partition coefficient (Wildman–Crippen LogP) is 1.95. The molecule has 10 heteroatoms. The van der Waals surface area contributed by atoms with Gasteiger partial charge in [0.1, 0.15) is 12.4 Å². The first kappa shape index (κ1) is 19.0. The number of piperidine rings is 1. The summed E-state index contributed by atoms with van der Waals surface area (Å²) in [6.07, 6.45) is -4.20. The molecule has 3 fully saturated rings. The molecule has 152 valence electrons. The fourth-order valence-corrected chi connectivity index (χ4v) is 3.93. The molecule has 0 aromatic heterocycles. The Balaban J connectivity index is 1.34. The minimum Gasteiger partial charge on any atom is -0.366 e. The van der Waals surface area contributed by atoms with Crippen LogP contribution >= 0.6 is 0 Å². The SMILES string of the molecule is O=C1COC2CCN(C(=O)N3CC(c4ccc(C(F)(F)F)c(F)c4)C3)C[C@H]2N1. The third kappa shape index (κ3) is 3.52. The van der Waals surface area contributed by atoms with Gasteiger partial charge in [0.05, 0.1) is 17.7 Å². The second-order valence-corrected chi connectivity index (χ2v) is 7.38. The zero-order valence-electron chi connectivity index (χ0n) is 14.8. The number of fused-ring (bicyclic) bond motifs is 1. The zero-order valence-corrected chi connectivity index (χ0v) is 14.8. The van der Waals surface area contributed by atoms with Crippen LogP contribution in [0.25, 0.3) is 0 Å². The molecular formula is C18H19F4N3O3. The Morgan fingerprint density at radius 2 is 1.93 bits per heavy atom.